The summed E-state index contributed by atoms with van der Waals surface area (Å²) < 4.78 is 0. The van der Waals surface area contributed by atoms with Crippen molar-refractivity contribution in [1.82, 2.24) is 4.90 Å². The van der Waals surface area contributed by atoms with Gasteiger partial charge in [0.1, 0.15) is 0 Å². The number of hydrogen-bond acceptors (Lipinski definition) is 1. The van der Waals surface area contributed by atoms with Crippen LogP contribution in [0, 0.1) is 6.92 Å². The Kier molecular flexibility index (Phi) is 3.82. The third-order valence-corrected chi connectivity index (χ3v) is 3.67. The van der Waals surface area contributed by atoms with Gasteiger partial charge in [0.2, 0.25) is 0 Å². The molecule has 1 aliphatic rings. The van der Waals surface area contributed by atoms with Crippen LogP contribution in [-0.4, -0.2) is 23.4 Å². The lowest BCUT2D eigenvalue weighted by atomic mass is 10.1. The molecule has 1 saturated carbocycles. The average molecular weight is 231 g/mol. The third kappa shape index (κ3) is 2.68. The fraction of sp³-hybridized carbons (Fsp3) is 0.533. The Bertz CT molecular complexity index is 376. The van der Waals surface area contributed by atoms with E-state index in [-0.39, 0.29) is 5.91 Å². The number of aryl methyl sites for hydroxylation is 1. The molecule has 0 spiro atoms. The molecule has 0 aliphatic heterocycles. The molecule has 2 heteroatoms. The maximum Gasteiger partial charge on any atom is 0.254 e. The predicted molar refractivity (Wildman–Crippen MR) is 70.1 cm³/mol. The molecule has 0 saturated heterocycles. The monoisotopic (exact) mass is 231 g/mol. The molecule has 0 radical (unpaired) electrons. The summed E-state index contributed by atoms with van der Waals surface area (Å²) in [7, 11) is 0. The number of amides is 1. The molecule has 1 fully saturated rings. The predicted octanol–water partition coefficient (Wildman–Crippen LogP) is 3.40. The van der Waals surface area contributed by atoms with Gasteiger partial charge in [0, 0.05) is 18.2 Å². The number of nitrogens with zero attached hydrogens (tertiary/aromatic N) is 1. The third-order valence-electron chi connectivity index (χ3n) is 3.67. The van der Waals surface area contributed by atoms with Gasteiger partial charge in [0.05, 0.1) is 0 Å². The van der Waals surface area contributed by atoms with E-state index >= 15 is 0 Å². The number of rotatable bonds is 3. The van der Waals surface area contributed by atoms with Gasteiger partial charge < -0.3 is 4.90 Å². The second-order valence-electron chi connectivity index (χ2n) is 4.90. The van der Waals surface area contributed by atoms with Crippen LogP contribution in [0.25, 0.3) is 0 Å². The lowest BCUT2D eigenvalue weighted by Gasteiger charge is -2.27. The average Bonchev–Trinajstić information content (AvgIpc) is 2.84. The van der Waals surface area contributed by atoms with Crippen molar-refractivity contribution in [1.29, 1.82) is 0 Å². The summed E-state index contributed by atoms with van der Waals surface area (Å²) in [6, 6.07) is 8.37. The van der Waals surface area contributed by atoms with Crippen molar-refractivity contribution in [2.24, 2.45) is 0 Å². The first-order chi connectivity index (χ1) is 8.22. The normalized spacial score (nSPS) is 16.1. The molecule has 0 heterocycles. The van der Waals surface area contributed by atoms with Gasteiger partial charge in [-0.15, -0.1) is 0 Å². The molecule has 0 aromatic heterocycles. The lowest BCUT2D eigenvalue weighted by molar-refractivity contribution is 0.0693. The number of benzene rings is 1. The van der Waals surface area contributed by atoms with Crippen molar-refractivity contribution in [3.05, 3.63) is 35.4 Å². The highest BCUT2D eigenvalue weighted by Gasteiger charge is 2.25. The lowest BCUT2D eigenvalue weighted by Crippen LogP contribution is -2.38. The van der Waals surface area contributed by atoms with Crippen LogP contribution < -0.4 is 0 Å². The van der Waals surface area contributed by atoms with Gasteiger partial charge >= 0.3 is 0 Å². The molecule has 0 N–H and O–H groups in total. The van der Waals surface area contributed by atoms with E-state index in [0.29, 0.717) is 6.04 Å². The van der Waals surface area contributed by atoms with Crippen molar-refractivity contribution in [2.45, 2.75) is 45.6 Å². The maximum atomic E-state index is 12.4. The smallest absolute Gasteiger partial charge is 0.254 e. The molecule has 0 unspecified atom stereocenters. The maximum absolute atomic E-state index is 12.4. The molecular weight excluding hydrogens is 210 g/mol. The summed E-state index contributed by atoms with van der Waals surface area (Å²) in [5.41, 5.74) is 2.02. The molecule has 1 amide bonds. The Hall–Kier alpha value is -1.31. The van der Waals surface area contributed by atoms with Crippen molar-refractivity contribution < 1.29 is 4.79 Å². The van der Waals surface area contributed by atoms with Crippen LogP contribution in [0.5, 0.6) is 0 Å². The van der Waals surface area contributed by atoms with Gasteiger partial charge in [-0.25, -0.2) is 0 Å². The summed E-state index contributed by atoms with van der Waals surface area (Å²) >= 11 is 0. The minimum atomic E-state index is 0.194. The molecule has 1 aromatic carbocycles. The van der Waals surface area contributed by atoms with Gasteiger partial charge in [-0.05, 0) is 38.8 Å². The molecule has 1 aliphatic carbocycles. The van der Waals surface area contributed by atoms with E-state index in [0.717, 1.165) is 12.1 Å². The van der Waals surface area contributed by atoms with E-state index in [4.69, 9.17) is 0 Å². The Morgan fingerprint density at radius 1 is 1.24 bits per heavy atom. The van der Waals surface area contributed by atoms with Crippen LogP contribution in [0.4, 0.5) is 0 Å². The number of carbonyl (C=O) groups is 1. The van der Waals surface area contributed by atoms with Crippen LogP contribution in [0.2, 0.25) is 0 Å². The fourth-order valence-electron chi connectivity index (χ4n) is 2.65. The summed E-state index contributed by atoms with van der Waals surface area (Å²) in [5, 5.41) is 0. The highest BCUT2D eigenvalue weighted by molar-refractivity contribution is 5.94. The molecule has 2 nitrogen and oxygen atoms in total. The van der Waals surface area contributed by atoms with E-state index in [1.54, 1.807) is 0 Å². The first kappa shape index (κ1) is 12.2. The van der Waals surface area contributed by atoms with Crippen molar-refractivity contribution in [3.63, 3.8) is 0 Å². The van der Waals surface area contributed by atoms with Gasteiger partial charge in [0.15, 0.2) is 0 Å². The second-order valence-corrected chi connectivity index (χ2v) is 4.90. The van der Waals surface area contributed by atoms with Gasteiger partial charge in [-0.2, -0.15) is 0 Å². The van der Waals surface area contributed by atoms with Crippen molar-refractivity contribution in [3.8, 4) is 0 Å². The molecular formula is C15H21NO. The number of hydrogen-bond donors (Lipinski definition) is 0. The standard InChI is InChI=1S/C15H21NO/c1-3-16(14-6-4-5-7-14)15(17)13-10-8-12(2)9-11-13/h8-11,14H,3-7H2,1-2H3. The molecule has 0 bridgehead atoms. The van der Waals surface area contributed by atoms with Crippen LogP contribution in [0.1, 0.15) is 48.5 Å². The van der Waals surface area contributed by atoms with Crippen LogP contribution in [-0.2, 0) is 0 Å². The zero-order valence-electron chi connectivity index (χ0n) is 10.8. The van der Waals surface area contributed by atoms with Crippen molar-refractivity contribution >= 4 is 5.91 Å². The zero-order valence-corrected chi connectivity index (χ0v) is 10.8. The highest BCUT2D eigenvalue weighted by Crippen LogP contribution is 2.24. The number of carbonyl (C=O) groups excluding carboxylic acids is 1. The van der Waals surface area contributed by atoms with Crippen LogP contribution in [0.3, 0.4) is 0 Å². The molecule has 2 rings (SSSR count). The van der Waals surface area contributed by atoms with E-state index in [1.165, 1.54) is 31.2 Å². The Balaban J connectivity index is 2.13. The minimum Gasteiger partial charge on any atom is -0.336 e. The minimum absolute atomic E-state index is 0.194. The summed E-state index contributed by atoms with van der Waals surface area (Å²) in [4.78, 5) is 14.4. The quantitative estimate of drug-likeness (QED) is 0.780. The van der Waals surface area contributed by atoms with Crippen LogP contribution >= 0.6 is 0 Å². The topological polar surface area (TPSA) is 20.3 Å². The summed E-state index contributed by atoms with van der Waals surface area (Å²) in [5.74, 6) is 0.194. The fourth-order valence-corrected chi connectivity index (χ4v) is 2.65. The SMILES string of the molecule is CCN(C(=O)c1ccc(C)cc1)C1CCCC1. The molecule has 1 aromatic rings. The first-order valence-electron chi connectivity index (χ1n) is 6.60. The molecule has 92 valence electrons. The molecule has 17 heavy (non-hydrogen) atoms. The van der Waals surface area contributed by atoms with Crippen LogP contribution in [0.15, 0.2) is 24.3 Å². The van der Waals surface area contributed by atoms with Gasteiger partial charge in [0.25, 0.3) is 5.91 Å². The van der Waals surface area contributed by atoms with E-state index in [2.05, 4.69) is 6.92 Å². The van der Waals surface area contributed by atoms with E-state index in [1.807, 2.05) is 36.1 Å². The Labute approximate surface area is 104 Å². The van der Waals surface area contributed by atoms with Gasteiger partial charge in [-0.3, -0.25) is 4.79 Å². The van der Waals surface area contributed by atoms with Gasteiger partial charge in [-0.1, -0.05) is 30.5 Å². The second kappa shape index (κ2) is 5.35. The summed E-state index contributed by atoms with van der Waals surface area (Å²) in [6.45, 7) is 4.94. The highest BCUT2D eigenvalue weighted by atomic mass is 16.2. The van der Waals surface area contributed by atoms with E-state index < -0.39 is 0 Å². The first-order valence-corrected chi connectivity index (χ1v) is 6.60. The molecule has 0 atom stereocenters. The largest absolute Gasteiger partial charge is 0.336 e. The Morgan fingerprint density at radius 2 is 1.82 bits per heavy atom. The summed E-state index contributed by atoms with van der Waals surface area (Å²) in [6.07, 6.45) is 4.88. The van der Waals surface area contributed by atoms with Crippen molar-refractivity contribution in [2.75, 3.05) is 6.54 Å². The zero-order chi connectivity index (χ0) is 12.3. The van der Waals surface area contributed by atoms with E-state index in [9.17, 15) is 4.79 Å². The Morgan fingerprint density at radius 3 is 2.35 bits per heavy atom.